The van der Waals surface area contributed by atoms with Gasteiger partial charge in [-0.2, -0.15) is 0 Å². The Morgan fingerprint density at radius 3 is 2.96 bits per heavy atom. The van der Waals surface area contributed by atoms with E-state index in [9.17, 15) is 4.79 Å². The van der Waals surface area contributed by atoms with Gasteiger partial charge in [-0.3, -0.25) is 4.79 Å². The number of amides is 1. The molecule has 0 spiro atoms. The van der Waals surface area contributed by atoms with Crippen molar-refractivity contribution in [3.8, 4) is 5.75 Å². The normalized spacial score (nSPS) is 17.3. The van der Waals surface area contributed by atoms with Crippen LogP contribution in [-0.4, -0.2) is 35.7 Å². The number of hydrogen-bond acceptors (Lipinski definition) is 4. The molecule has 0 saturated carbocycles. The van der Waals surface area contributed by atoms with Crippen LogP contribution < -0.4 is 4.74 Å². The molecule has 1 fully saturated rings. The van der Waals surface area contributed by atoms with Crippen LogP contribution in [0.2, 0.25) is 5.22 Å². The minimum absolute atomic E-state index is 0.0700. The van der Waals surface area contributed by atoms with Crippen LogP contribution in [0, 0.1) is 6.92 Å². The van der Waals surface area contributed by atoms with E-state index in [0.717, 1.165) is 37.1 Å². The lowest BCUT2D eigenvalue weighted by molar-refractivity contribution is -0.131. The van der Waals surface area contributed by atoms with Crippen molar-refractivity contribution >= 4 is 17.5 Å². The Hall–Kier alpha value is -2.01. The molecule has 1 aromatic carbocycles. The molecule has 1 amide bonds. The monoisotopic (exact) mass is 348 g/mol. The summed E-state index contributed by atoms with van der Waals surface area (Å²) in [4.78, 5) is 14.7. The average molecular weight is 349 g/mol. The summed E-state index contributed by atoms with van der Waals surface area (Å²) in [6.07, 6.45) is 3.05. The molecule has 5 nitrogen and oxygen atoms in total. The second-order valence-corrected chi connectivity index (χ2v) is 6.44. The third kappa shape index (κ3) is 3.41. The van der Waals surface area contributed by atoms with Gasteiger partial charge < -0.3 is 14.2 Å². The van der Waals surface area contributed by atoms with E-state index in [1.54, 1.807) is 14.0 Å². The molecule has 0 radical (unpaired) electrons. The number of nitrogens with zero attached hydrogens (tertiary/aromatic N) is 2. The molecule has 3 rings (SSSR count). The van der Waals surface area contributed by atoms with Crippen LogP contribution in [0.3, 0.4) is 0 Å². The highest BCUT2D eigenvalue weighted by atomic mass is 35.5. The van der Waals surface area contributed by atoms with E-state index in [2.05, 4.69) is 11.2 Å². The molecule has 2 heterocycles. The molecule has 1 atom stereocenters. The number of hydrogen-bond donors (Lipinski definition) is 0. The SMILES string of the molecule is COc1ccccc1CC1CCCN1C(=O)Cc1c(C)noc1Cl. The summed E-state index contributed by atoms with van der Waals surface area (Å²) in [6, 6.07) is 8.15. The zero-order valence-electron chi connectivity index (χ0n) is 13.9. The van der Waals surface area contributed by atoms with Crippen LogP contribution in [0.15, 0.2) is 28.8 Å². The fourth-order valence-electron chi connectivity index (χ4n) is 3.31. The highest BCUT2D eigenvalue weighted by Gasteiger charge is 2.30. The zero-order chi connectivity index (χ0) is 17.1. The van der Waals surface area contributed by atoms with Crippen molar-refractivity contribution in [2.75, 3.05) is 13.7 Å². The number of halogens is 1. The molecule has 0 N–H and O–H groups in total. The quantitative estimate of drug-likeness (QED) is 0.830. The van der Waals surface area contributed by atoms with E-state index in [-0.39, 0.29) is 23.6 Å². The van der Waals surface area contributed by atoms with E-state index < -0.39 is 0 Å². The van der Waals surface area contributed by atoms with Gasteiger partial charge in [0.15, 0.2) is 0 Å². The third-order valence-electron chi connectivity index (χ3n) is 4.61. The first-order valence-corrected chi connectivity index (χ1v) is 8.50. The molecule has 1 aromatic heterocycles. The molecule has 1 aliphatic heterocycles. The molecule has 24 heavy (non-hydrogen) atoms. The van der Waals surface area contributed by atoms with Crippen LogP contribution in [0.5, 0.6) is 5.75 Å². The van der Waals surface area contributed by atoms with Gasteiger partial charge in [0.25, 0.3) is 0 Å². The second-order valence-electron chi connectivity index (χ2n) is 6.10. The number of aromatic nitrogens is 1. The Morgan fingerprint density at radius 2 is 2.25 bits per heavy atom. The molecule has 6 heteroatoms. The van der Waals surface area contributed by atoms with Crippen molar-refractivity contribution in [1.82, 2.24) is 10.1 Å². The van der Waals surface area contributed by atoms with Gasteiger partial charge in [0.1, 0.15) is 5.75 Å². The number of methoxy groups -OCH3 is 1. The Morgan fingerprint density at radius 1 is 1.46 bits per heavy atom. The molecule has 1 aliphatic rings. The van der Waals surface area contributed by atoms with Crippen molar-refractivity contribution in [1.29, 1.82) is 0 Å². The van der Waals surface area contributed by atoms with Gasteiger partial charge in [0, 0.05) is 18.2 Å². The summed E-state index contributed by atoms with van der Waals surface area (Å²) in [6.45, 7) is 2.58. The van der Waals surface area contributed by atoms with Crippen LogP contribution in [0.1, 0.15) is 29.7 Å². The summed E-state index contributed by atoms with van der Waals surface area (Å²) in [5.74, 6) is 0.940. The largest absolute Gasteiger partial charge is 0.496 e. The van der Waals surface area contributed by atoms with E-state index in [4.69, 9.17) is 20.9 Å². The molecule has 2 aromatic rings. The summed E-state index contributed by atoms with van der Waals surface area (Å²) >= 11 is 5.99. The van der Waals surface area contributed by atoms with Gasteiger partial charge >= 0.3 is 0 Å². The molecule has 1 saturated heterocycles. The first-order valence-electron chi connectivity index (χ1n) is 8.12. The molecule has 128 valence electrons. The van der Waals surface area contributed by atoms with E-state index in [1.807, 2.05) is 23.1 Å². The lowest BCUT2D eigenvalue weighted by Crippen LogP contribution is -2.38. The topological polar surface area (TPSA) is 55.6 Å². The first kappa shape index (κ1) is 16.8. The summed E-state index contributed by atoms with van der Waals surface area (Å²) < 4.78 is 10.4. The van der Waals surface area contributed by atoms with Crippen molar-refractivity contribution in [3.05, 3.63) is 46.3 Å². The molecule has 0 aliphatic carbocycles. The van der Waals surface area contributed by atoms with Crippen molar-refractivity contribution < 1.29 is 14.1 Å². The smallest absolute Gasteiger partial charge is 0.229 e. The molecule has 0 bridgehead atoms. The maximum Gasteiger partial charge on any atom is 0.229 e. The van der Waals surface area contributed by atoms with Crippen molar-refractivity contribution in [2.45, 2.75) is 38.6 Å². The minimum atomic E-state index is 0.0700. The summed E-state index contributed by atoms with van der Waals surface area (Å²) in [7, 11) is 1.67. The van der Waals surface area contributed by atoms with Gasteiger partial charge in [0.2, 0.25) is 11.1 Å². The van der Waals surface area contributed by atoms with Gasteiger partial charge in [-0.1, -0.05) is 23.4 Å². The number of rotatable bonds is 5. The predicted octanol–water partition coefficient (Wildman–Crippen LogP) is 3.42. The molecular formula is C18H21ClN2O3. The summed E-state index contributed by atoms with van der Waals surface area (Å²) in [5.41, 5.74) is 2.49. The van der Waals surface area contributed by atoms with Crippen LogP contribution in [0.4, 0.5) is 0 Å². The molecular weight excluding hydrogens is 328 g/mol. The Kier molecular flexibility index (Phi) is 5.09. The number of benzene rings is 1. The number of carbonyl (C=O) groups excluding carboxylic acids is 1. The average Bonchev–Trinajstić information content (AvgIpc) is 3.17. The van der Waals surface area contributed by atoms with Crippen LogP contribution in [-0.2, 0) is 17.6 Å². The zero-order valence-corrected chi connectivity index (χ0v) is 14.7. The number of carbonyl (C=O) groups is 1. The summed E-state index contributed by atoms with van der Waals surface area (Å²) in [5, 5.41) is 4.02. The Balaban J connectivity index is 1.72. The van der Waals surface area contributed by atoms with E-state index in [1.165, 1.54) is 0 Å². The molecule has 1 unspecified atom stereocenters. The van der Waals surface area contributed by atoms with Gasteiger partial charge in [0.05, 0.1) is 19.2 Å². The second kappa shape index (κ2) is 7.26. The van der Waals surface area contributed by atoms with Crippen LogP contribution in [0.25, 0.3) is 0 Å². The van der Waals surface area contributed by atoms with Gasteiger partial charge in [-0.05, 0) is 49.4 Å². The van der Waals surface area contributed by atoms with Gasteiger partial charge in [-0.25, -0.2) is 0 Å². The fraction of sp³-hybridized carbons (Fsp3) is 0.444. The highest BCUT2D eigenvalue weighted by molar-refractivity contribution is 6.29. The Labute approximate surface area is 146 Å². The van der Waals surface area contributed by atoms with E-state index >= 15 is 0 Å². The van der Waals surface area contributed by atoms with Crippen molar-refractivity contribution in [2.24, 2.45) is 0 Å². The number of para-hydroxylation sites is 1. The lowest BCUT2D eigenvalue weighted by Gasteiger charge is -2.25. The standard InChI is InChI=1S/C18H21ClN2O3/c1-12-15(18(19)24-20-12)11-17(22)21-9-5-7-14(21)10-13-6-3-4-8-16(13)23-2/h3-4,6,8,14H,5,7,9-11H2,1-2H3. The number of likely N-dealkylation sites (tertiary alicyclic amines) is 1. The first-order chi connectivity index (χ1) is 11.6. The minimum Gasteiger partial charge on any atom is -0.496 e. The fourth-order valence-corrected chi connectivity index (χ4v) is 3.55. The third-order valence-corrected chi connectivity index (χ3v) is 4.91. The highest BCUT2D eigenvalue weighted by Crippen LogP contribution is 2.27. The maximum absolute atomic E-state index is 12.7. The van der Waals surface area contributed by atoms with Crippen LogP contribution >= 0.6 is 11.6 Å². The Bertz CT molecular complexity index is 709. The predicted molar refractivity (Wildman–Crippen MR) is 91.4 cm³/mol. The van der Waals surface area contributed by atoms with Gasteiger partial charge in [-0.15, -0.1) is 0 Å². The maximum atomic E-state index is 12.7. The number of ether oxygens (including phenoxy) is 1. The lowest BCUT2D eigenvalue weighted by atomic mass is 10.0. The van der Waals surface area contributed by atoms with E-state index in [0.29, 0.717) is 11.3 Å². The van der Waals surface area contributed by atoms with Crippen molar-refractivity contribution in [3.63, 3.8) is 0 Å². The number of aryl methyl sites for hydroxylation is 1.